The Labute approximate surface area is 152 Å². The summed E-state index contributed by atoms with van der Waals surface area (Å²) in [5.41, 5.74) is 7.48. The monoisotopic (exact) mass is 382 g/mol. The Morgan fingerprint density at radius 3 is 2.56 bits per heavy atom. The Hall–Kier alpha value is -1.89. The van der Waals surface area contributed by atoms with E-state index in [1.165, 1.54) is 17.4 Å². The van der Waals surface area contributed by atoms with E-state index >= 15 is 0 Å². The molecule has 0 aliphatic rings. The third kappa shape index (κ3) is 3.86. The van der Waals surface area contributed by atoms with E-state index in [9.17, 15) is 13.2 Å². The van der Waals surface area contributed by atoms with Gasteiger partial charge in [-0.2, -0.15) is 13.2 Å². The first kappa shape index (κ1) is 17.9. The van der Waals surface area contributed by atoms with Gasteiger partial charge in [0.1, 0.15) is 0 Å². The van der Waals surface area contributed by atoms with E-state index in [0.717, 1.165) is 22.7 Å². The summed E-state index contributed by atoms with van der Waals surface area (Å²) in [5, 5.41) is 3.03. The van der Waals surface area contributed by atoms with Gasteiger partial charge in [-0.1, -0.05) is 29.8 Å². The van der Waals surface area contributed by atoms with Crippen molar-refractivity contribution in [2.24, 2.45) is 5.73 Å². The van der Waals surface area contributed by atoms with Crippen molar-refractivity contribution in [3.63, 3.8) is 0 Å². The molecule has 2 aromatic carbocycles. The van der Waals surface area contributed by atoms with Crippen LogP contribution in [0.2, 0.25) is 5.02 Å². The Morgan fingerprint density at radius 2 is 1.92 bits per heavy atom. The molecule has 0 aliphatic carbocycles. The zero-order valence-corrected chi connectivity index (χ0v) is 14.6. The molecule has 0 radical (unpaired) electrons. The molecule has 2 nitrogen and oxygen atoms in total. The van der Waals surface area contributed by atoms with Crippen LogP contribution in [0.5, 0.6) is 0 Å². The fourth-order valence-corrected chi connectivity index (χ4v) is 3.62. The summed E-state index contributed by atoms with van der Waals surface area (Å²) in [6.45, 7) is 0.183. The quantitative estimate of drug-likeness (QED) is 0.644. The van der Waals surface area contributed by atoms with Crippen molar-refractivity contribution in [3.8, 4) is 11.1 Å². The summed E-state index contributed by atoms with van der Waals surface area (Å²) in [5.74, 6) is 0. The van der Waals surface area contributed by atoms with Crippen molar-refractivity contribution < 1.29 is 13.2 Å². The standard InChI is InChI=1S/C18H14ClF3N2S/c19-15-3-1-2-12(10-23)17(15)14-9-13(18(20,21)22)5-4-11(14)8-16-24-6-7-25-16/h1-7,9H,8,10,23H2. The number of hydrogen-bond donors (Lipinski definition) is 1. The molecule has 2 N–H and O–H groups in total. The zero-order valence-electron chi connectivity index (χ0n) is 13.0. The molecule has 0 fully saturated rings. The van der Waals surface area contributed by atoms with Crippen LogP contribution in [0.4, 0.5) is 13.2 Å². The summed E-state index contributed by atoms with van der Waals surface area (Å²) in [6.07, 6.45) is -2.33. The lowest BCUT2D eigenvalue weighted by Gasteiger charge is -2.17. The van der Waals surface area contributed by atoms with Crippen molar-refractivity contribution >= 4 is 22.9 Å². The van der Waals surface area contributed by atoms with Crippen LogP contribution < -0.4 is 5.73 Å². The van der Waals surface area contributed by atoms with E-state index in [0.29, 0.717) is 28.1 Å². The van der Waals surface area contributed by atoms with Gasteiger partial charge in [0.05, 0.1) is 10.6 Å². The summed E-state index contributed by atoms with van der Waals surface area (Å²) >= 11 is 7.77. The van der Waals surface area contributed by atoms with E-state index in [-0.39, 0.29) is 6.54 Å². The molecule has 0 spiro atoms. The molecule has 7 heteroatoms. The second kappa shape index (κ2) is 7.15. The SMILES string of the molecule is NCc1cccc(Cl)c1-c1cc(C(F)(F)F)ccc1Cc1nccs1. The van der Waals surface area contributed by atoms with Gasteiger partial charge in [0.2, 0.25) is 0 Å². The Kier molecular flexibility index (Phi) is 5.13. The van der Waals surface area contributed by atoms with Crippen molar-refractivity contribution in [3.05, 3.63) is 74.7 Å². The first-order valence-corrected chi connectivity index (χ1v) is 8.72. The summed E-state index contributed by atoms with van der Waals surface area (Å²) in [4.78, 5) is 4.22. The van der Waals surface area contributed by atoms with E-state index in [1.807, 2.05) is 5.38 Å². The third-order valence-corrected chi connectivity index (χ3v) is 4.95. The van der Waals surface area contributed by atoms with E-state index in [2.05, 4.69) is 4.98 Å². The number of alkyl halides is 3. The van der Waals surface area contributed by atoms with Crippen molar-refractivity contribution in [2.45, 2.75) is 19.1 Å². The van der Waals surface area contributed by atoms with Crippen molar-refractivity contribution in [2.75, 3.05) is 0 Å². The van der Waals surface area contributed by atoms with Crippen LogP contribution in [0.1, 0.15) is 21.7 Å². The molecule has 3 aromatic rings. The largest absolute Gasteiger partial charge is 0.416 e. The van der Waals surface area contributed by atoms with Gasteiger partial charge in [0.25, 0.3) is 0 Å². The highest BCUT2D eigenvalue weighted by Gasteiger charge is 2.31. The van der Waals surface area contributed by atoms with Gasteiger partial charge in [-0.05, 0) is 34.9 Å². The normalized spacial score (nSPS) is 11.7. The lowest BCUT2D eigenvalue weighted by atomic mass is 9.92. The number of aromatic nitrogens is 1. The summed E-state index contributed by atoms with van der Waals surface area (Å²) < 4.78 is 39.6. The zero-order chi connectivity index (χ0) is 18.0. The maximum absolute atomic E-state index is 13.2. The average molecular weight is 383 g/mol. The van der Waals surface area contributed by atoms with Crippen LogP contribution in [0.15, 0.2) is 48.0 Å². The van der Waals surface area contributed by atoms with Crippen LogP contribution in [0.3, 0.4) is 0 Å². The Balaban J connectivity index is 2.21. The smallest absolute Gasteiger partial charge is 0.326 e. The second-order valence-electron chi connectivity index (χ2n) is 5.45. The molecule has 1 heterocycles. The van der Waals surface area contributed by atoms with Crippen LogP contribution in [-0.2, 0) is 19.1 Å². The minimum Gasteiger partial charge on any atom is -0.326 e. The minimum absolute atomic E-state index is 0.183. The van der Waals surface area contributed by atoms with Gasteiger partial charge in [-0.3, -0.25) is 0 Å². The number of hydrogen-bond acceptors (Lipinski definition) is 3. The molecular weight excluding hydrogens is 369 g/mol. The number of rotatable bonds is 4. The molecule has 130 valence electrons. The highest BCUT2D eigenvalue weighted by atomic mass is 35.5. The maximum atomic E-state index is 13.2. The van der Waals surface area contributed by atoms with Crippen LogP contribution in [0, 0.1) is 0 Å². The predicted octanol–water partition coefficient (Wildman–Crippen LogP) is 5.53. The third-order valence-electron chi connectivity index (χ3n) is 3.85. The number of halogens is 4. The molecule has 3 rings (SSSR count). The first-order chi connectivity index (χ1) is 11.9. The van der Waals surface area contributed by atoms with Gasteiger partial charge < -0.3 is 5.73 Å². The van der Waals surface area contributed by atoms with Gasteiger partial charge in [0, 0.05) is 35.1 Å². The number of nitrogens with two attached hydrogens (primary N) is 1. The molecule has 1 aromatic heterocycles. The number of thiazole rings is 1. The second-order valence-corrected chi connectivity index (χ2v) is 6.84. The van der Waals surface area contributed by atoms with E-state index < -0.39 is 11.7 Å². The average Bonchev–Trinajstić information content (AvgIpc) is 3.07. The van der Waals surface area contributed by atoms with E-state index in [4.69, 9.17) is 17.3 Å². The Bertz CT molecular complexity index is 877. The fourth-order valence-electron chi connectivity index (χ4n) is 2.68. The van der Waals surface area contributed by atoms with E-state index in [1.54, 1.807) is 24.4 Å². The van der Waals surface area contributed by atoms with Gasteiger partial charge >= 0.3 is 6.18 Å². The molecule has 0 aliphatic heterocycles. The molecule has 0 saturated heterocycles. The van der Waals surface area contributed by atoms with Crippen molar-refractivity contribution in [1.29, 1.82) is 0 Å². The number of nitrogens with zero attached hydrogens (tertiary/aromatic N) is 1. The molecule has 0 amide bonds. The molecule has 0 atom stereocenters. The highest BCUT2D eigenvalue weighted by Crippen LogP contribution is 2.39. The van der Waals surface area contributed by atoms with Gasteiger partial charge in [0.15, 0.2) is 0 Å². The molecular formula is C18H14ClF3N2S. The van der Waals surface area contributed by atoms with Crippen molar-refractivity contribution in [1.82, 2.24) is 4.98 Å². The highest BCUT2D eigenvalue weighted by molar-refractivity contribution is 7.09. The van der Waals surface area contributed by atoms with Crippen LogP contribution >= 0.6 is 22.9 Å². The van der Waals surface area contributed by atoms with Crippen LogP contribution in [-0.4, -0.2) is 4.98 Å². The molecule has 0 unspecified atom stereocenters. The first-order valence-electron chi connectivity index (χ1n) is 7.46. The van der Waals surface area contributed by atoms with Gasteiger partial charge in [-0.25, -0.2) is 4.98 Å². The summed E-state index contributed by atoms with van der Waals surface area (Å²) in [6, 6.07) is 8.89. The van der Waals surface area contributed by atoms with Gasteiger partial charge in [-0.15, -0.1) is 11.3 Å². The topological polar surface area (TPSA) is 38.9 Å². The molecule has 0 bridgehead atoms. The maximum Gasteiger partial charge on any atom is 0.416 e. The lowest BCUT2D eigenvalue weighted by Crippen LogP contribution is -2.07. The molecule has 0 saturated carbocycles. The summed E-state index contributed by atoms with van der Waals surface area (Å²) in [7, 11) is 0. The predicted molar refractivity (Wildman–Crippen MR) is 94.7 cm³/mol. The minimum atomic E-state index is -4.43. The number of benzene rings is 2. The fraction of sp³-hybridized carbons (Fsp3) is 0.167. The Morgan fingerprint density at radius 1 is 1.12 bits per heavy atom. The van der Waals surface area contributed by atoms with Crippen LogP contribution in [0.25, 0.3) is 11.1 Å². The molecule has 25 heavy (non-hydrogen) atoms. The lowest BCUT2D eigenvalue weighted by molar-refractivity contribution is -0.137.